The molecule has 0 radical (unpaired) electrons. The molecule has 1 aromatic heterocycles. The van der Waals surface area contributed by atoms with Crippen molar-refractivity contribution in [3.8, 4) is 0 Å². The van der Waals surface area contributed by atoms with Crippen molar-refractivity contribution in [3.05, 3.63) is 16.1 Å². The van der Waals surface area contributed by atoms with E-state index in [9.17, 15) is 9.90 Å². The molecule has 2 rings (SSSR count). The number of hydrogen-bond donors (Lipinski definition) is 3. The van der Waals surface area contributed by atoms with Gasteiger partial charge in [0, 0.05) is 11.9 Å². The van der Waals surface area contributed by atoms with Gasteiger partial charge in [-0.05, 0) is 45.2 Å². The predicted molar refractivity (Wildman–Crippen MR) is 80.1 cm³/mol. The highest BCUT2D eigenvalue weighted by Crippen LogP contribution is 2.18. The molecule has 6 heteroatoms. The molecule has 0 unspecified atom stereocenters. The minimum absolute atomic E-state index is 0.186. The van der Waals surface area contributed by atoms with E-state index in [1.54, 1.807) is 5.38 Å². The Bertz CT molecular complexity index is 439. The third kappa shape index (κ3) is 4.26. The molecule has 0 bridgehead atoms. The van der Waals surface area contributed by atoms with Gasteiger partial charge in [0.15, 0.2) is 0 Å². The Morgan fingerprint density at radius 3 is 3.20 bits per heavy atom. The Balaban J connectivity index is 1.87. The van der Waals surface area contributed by atoms with Crippen LogP contribution in [0.1, 0.15) is 48.1 Å². The first kappa shape index (κ1) is 15.4. The summed E-state index contributed by atoms with van der Waals surface area (Å²) in [6.07, 6.45) is 4.27. The molecular formula is C14H23N3O2S. The minimum Gasteiger partial charge on any atom is -0.388 e. The van der Waals surface area contributed by atoms with E-state index in [0.29, 0.717) is 18.7 Å². The molecule has 112 valence electrons. The summed E-state index contributed by atoms with van der Waals surface area (Å²) in [5, 5.41) is 19.3. The Morgan fingerprint density at radius 1 is 1.55 bits per heavy atom. The van der Waals surface area contributed by atoms with Crippen LogP contribution in [0.5, 0.6) is 0 Å². The zero-order chi connectivity index (χ0) is 14.4. The molecule has 2 heterocycles. The Kier molecular flexibility index (Phi) is 5.51. The van der Waals surface area contributed by atoms with Crippen molar-refractivity contribution in [1.29, 1.82) is 0 Å². The zero-order valence-electron chi connectivity index (χ0n) is 11.9. The summed E-state index contributed by atoms with van der Waals surface area (Å²) in [5.41, 5.74) is -0.324. The van der Waals surface area contributed by atoms with Gasteiger partial charge in [-0.2, -0.15) is 0 Å². The number of carbonyl (C=O) groups is 1. The largest absolute Gasteiger partial charge is 0.388 e. The lowest BCUT2D eigenvalue weighted by Gasteiger charge is -2.26. The fraction of sp³-hybridized carbons (Fsp3) is 0.714. The van der Waals surface area contributed by atoms with Crippen molar-refractivity contribution < 1.29 is 9.90 Å². The van der Waals surface area contributed by atoms with Crippen LogP contribution in [0.3, 0.4) is 0 Å². The standard InChI is InChI=1S/C14H23N3O2S/c1-2-4-12-17-11(9-20-12)13(18)16-10-14(19)5-3-7-15-8-6-14/h9,15,19H,2-8,10H2,1H3,(H,16,18)/t14-/m1/s1. The molecule has 0 spiro atoms. The summed E-state index contributed by atoms with van der Waals surface area (Å²) in [4.78, 5) is 16.4. The lowest BCUT2D eigenvalue weighted by atomic mass is 9.95. The lowest BCUT2D eigenvalue weighted by molar-refractivity contribution is 0.0275. The Labute approximate surface area is 123 Å². The normalized spacial score (nSPS) is 23.3. The van der Waals surface area contributed by atoms with Crippen LogP contribution in [-0.4, -0.2) is 41.2 Å². The number of amides is 1. The van der Waals surface area contributed by atoms with Gasteiger partial charge in [-0.3, -0.25) is 4.79 Å². The molecule has 0 saturated carbocycles. The predicted octanol–water partition coefficient (Wildman–Crippen LogP) is 1.33. The summed E-state index contributed by atoms with van der Waals surface area (Å²) in [7, 11) is 0. The summed E-state index contributed by atoms with van der Waals surface area (Å²) in [6.45, 7) is 4.12. The third-order valence-corrected chi connectivity index (χ3v) is 4.50. The number of carbonyl (C=O) groups excluding carboxylic acids is 1. The highest BCUT2D eigenvalue weighted by Gasteiger charge is 2.28. The molecule has 0 aromatic carbocycles. The fourth-order valence-corrected chi connectivity index (χ4v) is 3.25. The van der Waals surface area contributed by atoms with Crippen molar-refractivity contribution in [3.63, 3.8) is 0 Å². The van der Waals surface area contributed by atoms with Gasteiger partial charge in [0.25, 0.3) is 5.91 Å². The van der Waals surface area contributed by atoms with E-state index in [-0.39, 0.29) is 5.91 Å². The van der Waals surface area contributed by atoms with Gasteiger partial charge in [0.2, 0.25) is 0 Å². The number of aromatic nitrogens is 1. The van der Waals surface area contributed by atoms with Crippen LogP contribution in [0.15, 0.2) is 5.38 Å². The highest BCUT2D eigenvalue weighted by atomic mass is 32.1. The molecule has 1 aliphatic rings. The van der Waals surface area contributed by atoms with E-state index in [4.69, 9.17) is 0 Å². The van der Waals surface area contributed by atoms with E-state index in [0.717, 1.165) is 43.8 Å². The van der Waals surface area contributed by atoms with E-state index in [2.05, 4.69) is 22.5 Å². The first-order valence-corrected chi connectivity index (χ1v) is 8.17. The smallest absolute Gasteiger partial charge is 0.270 e. The molecule has 1 atom stereocenters. The van der Waals surface area contributed by atoms with Gasteiger partial charge < -0.3 is 15.7 Å². The molecule has 0 aliphatic carbocycles. The Morgan fingerprint density at radius 2 is 2.40 bits per heavy atom. The minimum atomic E-state index is -0.790. The topological polar surface area (TPSA) is 74.2 Å². The maximum Gasteiger partial charge on any atom is 0.270 e. The molecule has 1 aliphatic heterocycles. The second-order valence-electron chi connectivity index (χ2n) is 5.39. The molecule has 1 fully saturated rings. The van der Waals surface area contributed by atoms with E-state index in [1.165, 1.54) is 11.3 Å². The van der Waals surface area contributed by atoms with Crippen LogP contribution in [-0.2, 0) is 6.42 Å². The quantitative estimate of drug-likeness (QED) is 0.766. The number of thiazole rings is 1. The second-order valence-corrected chi connectivity index (χ2v) is 6.33. The monoisotopic (exact) mass is 297 g/mol. The lowest BCUT2D eigenvalue weighted by Crippen LogP contribution is -2.43. The van der Waals surface area contributed by atoms with Crippen LogP contribution in [0.2, 0.25) is 0 Å². The fourth-order valence-electron chi connectivity index (χ4n) is 2.37. The molecule has 20 heavy (non-hydrogen) atoms. The molecule has 3 N–H and O–H groups in total. The maximum atomic E-state index is 12.0. The van der Waals surface area contributed by atoms with Gasteiger partial charge in [-0.25, -0.2) is 4.98 Å². The van der Waals surface area contributed by atoms with Crippen LogP contribution in [0, 0.1) is 0 Å². The average Bonchev–Trinajstić information content (AvgIpc) is 2.79. The van der Waals surface area contributed by atoms with Crippen molar-refractivity contribution >= 4 is 17.2 Å². The highest BCUT2D eigenvalue weighted by molar-refractivity contribution is 7.09. The van der Waals surface area contributed by atoms with Crippen molar-refractivity contribution in [2.45, 2.75) is 44.6 Å². The number of aliphatic hydroxyl groups is 1. The molecule has 1 aromatic rings. The molecule has 5 nitrogen and oxygen atoms in total. The van der Waals surface area contributed by atoms with Crippen molar-refractivity contribution in [2.24, 2.45) is 0 Å². The summed E-state index contributed by atoms with van der Waals surface area (Å²) in [6, 6.07) is 0. The summed E-state index contributed by atoms with van der Waals surface area (Å²) < 4.78 is 0. The van der Waals surface area contributed by atoms with Gasteiger partial charge in [0.1, 0.15) is 5.69 Å². The summed E-state index contributed by atoms with van der Waals surface area (Å²) in [5.74, 6) is -0.186. The number of aryl methyl sites for hydroxylation is 1. The summed E-state index contributed by atoms with van der Waals surface area (Å²) >= 11 is 1.52. The molecule has 1 saturated heterocycles. The van der Waals surface area contributed by atoms with Crippen molar-refractivity contribution in [2.75, 3.05) is 19.6 Å². The van der Waals surface area contributed by atoms with Crippen LogP contribution in [0.4, 0.5) is 0 Å². The van der Waals surface area contributed by atoms with Gasteiger partial charge >= 0.3 is 0 Å². The SMILES string of the molecule is CCCc1nc(C(=O)NC[C@@]2(O)CCCNCC2)cs1. The Hall–Kier alpha value is -0.980. The van der Waals surface area contributed by atoms with E-state index < -0.39 is 5.60 Å². The van der Waals surface area contributed by atoms with Crippen molar-refractivity contribution in [1.82, 2.24) is 15.6 Å². The van der Waals surface area contributed by atoms with Gasteiger partial charge in [-0.15, -0.1) is 11.3 Å². The number of nitrogens with zero attached hydrogens (tertiary/aromatic N) is 1. The van der Waals surface area contributed by atoms with E-state index >= 15 is 0 Å². The van der Waals surface area contributed by atoms with Crippen LogP contribution < -0.4 is 10.6 Å². The van der Waals surface area contributed by atoms with E-state index in [1.807, 2.05) is 0 Å². The number of nitrogens with one attached hydrogen (secondary N) is 2. The number of rotatable bonds is 5. The van der Waals surface area contributed by atoms with Gasteiger partial charge in [-0.1, -0.05) is 6.92 Å². The van der Waals surface area contributed by atoms with Gasteiger partial charge in [0.05, 0.1) is 10.6 Å². The molecular weight excluding hydrogens is 274 g/mol. The molecule has 1 amide bonds. The third-order valence-electron chi connectivity index (χ3n) is 3.59. The van der Waals surface area contributed by atoms with Crippen LogP contribution >= 0.6 is 11.3 Å². The first-order valence-electron chi connectivity index (χ1n) is 7.29. The van der Waals surface area contributed by atoms with Crippen LogP contribution in [0.25, 0.3) is 0 Å². The first-order chi connectivity index (χ1) is 9.63. The zero-order valence-corrected chi connectivity index (χ0v) is 12.8. The maximum absolute atomic E-state index is 12.0. The average molecular weight is 297 g/mol. The number of hydrogen-bond acceptors (Lipinski definition) is 5. The second kappa shape index (κ2) is 7.15.